The summed E-state index contributed by atoms with van der Waals surface area (Å²) in [5, 5.41) is 4.23. The molecule has 1 aromatic carbocycles. The Kier molecular flexibility index (Phi) is 3.84. The molecule has 2 heterocycles. The number of hydrogen-bond donors (Lipinski definition) is 2. The van der Waals surface area contributed by atoms with Crippen molar-refractivity contribution < 1.29 is 0 Å². The summed E-state index contributed by atoms with van der Waals surface area (Å²) in [6.45, 7) is 3.79. The van der Waals surface area contributed by atoms with Crippen LogP contribution in [0, 0.1) is 0 Å². The second-order valence-electron chi connectivity index (χ2n) is 4.16. The molecule has 0 bridgehead atoms. The van der Waals surface area contributed by atoms with E-state index in [0.717, 1.165) is 43.0 Å². The summed E-state index contributed by atoms with van der Waals surface area (Å²) >= 11 is 0. The second kappa shape index (κ2) is 5.37. The van der Waals surface area contributed by atoms with Crippen molar-refractivity contribution >= 4 is 35.1 Å². The largest absolute Gasteiger partial charge is 0.383 e. The molecule has 0 saturated carbocycles. The molecule has 0 spiro atoms. The molecular formula is C12H16ClN5. The Labute approximate surface area is 112 Å². The molecule has 1 fully saturated rings. The highest BCUT2D eigenvalue weighted by Gasteiger charge is 2.14. The van der Waals surface area contributed by atoms with E-state index in [1.165, 1.54) is 0 Å². The molecule has 3 rings (SSSR count). The number of benzene rings is 1. The maximum Gasteiger partial charge on any atom is 0.227 e. The normalized spacial score (nSPS) is 15.4. The SMILES string of the molecule is Cl.Nc1nc(N2CCNCC2)nc2ccccc12. The van der Waals surface area contributed by atoms with Crippen molar-refractivity contribution in [3.05, 3.63) is 24.3 Å². The van der Waals surface area contributed by atoms with Gasteiger partial charge in [0, 0.05) is 31.6 Å². The minimum absolute atomic E-state index is 0. The van der Waals surface area contributed by atoms with E-state index in [9.17, 15) is 0 Å². The van der Waals surface area contributed by atoms with Crippen LogP contribution in [0.2, 0.25) is 0 Å². The third-order valence-electron chi connectivity index (χ3n) is 3.02. The van der Waals surface area contributed by atoms with Crippen LogP contribution in [0.15, 0.2) is 24.3 Å². The fourth-order valence-electron chi connectivity index (χ4n) is 2.09. The van der Waals surface area contributed by atoms with Gasteiger partial charge in [0.05, 0.1) is 5.52 Å². The van der Waals surface area contributed by atoms with Gasteiger partial charge in [-0.2, -0.15) is 4.98 Å². The third-order valence-corrected chi connectivity index (χ3v) is 3.02. The van der Waals surface area contributed by atoms with Gasteiger partial charge in [-0.15, -0.1) is 12.4 Å². The maximum atomic E-state index is 5.97. The van der Waals surface area contributed by atoms with Gasteiger partial charge in [-0.1, -0.05) is 12.1 Å². The molecule has 2 aromatic rings. The number of nitrogens with one attached hydrogen (secondary N) is 1. The minimum atomic E-state index is 0. The number of aromatic nitrogens is 2. The van der Waals surface area contributed by atoms with Crippen molar-refractivity contribution in [2.24, 2.45) is 0 Å². The Morgan fingerprint density at radius 2 is 1.83 bits per heavy atom. The standard InChI is InChI=1S/C12H15N5.ClH/c13-11-9-3-1-2-4-10(9)15-12(16-11)17-7-5-14-6-8-17;/h1-4,14H,5-8H2,(H2,13,15,16);1H. The molecule has 3 N–H and O–H groups in total. The topological polar surface area (TPSA) is 67.1 Å². The number of halogens is 1. The smallest absolute Gasteiger partial charge is 0.227 e. The lowest BCUT2D eigenvalue weighted by Gasteiger charge is -2.27. The lowest BCUT2D eigenvalue weighted by atomic mass is 10.2. The number of fused-ring (bicyclic) bond motifs is 1. The summed E-state index contributed by atoms with van der Waals surface area (Å²) in [6.07, 6.45) is 0. The fourth-order valence-corrected chi connectivity index (χ4v) is 2.09. The number of anilines is 2. The number of rotatable bonds is 1. The molecular weight excluding hydrogens is 250 g/mol. The van der Waals surface area contributed by atoms with E-state index in [0.29, 0.717) is 5.82 Å². The number of nitrogens with zero attached hydrogens (tertiary/aromatic N) is 3. The van der Waals surface area contributed by atoms with Crippen LogP contribution < -0.4 is 16.0 Å². The zero-order valence-corrected chi connectivity index (χ0v) is 10.8. The number of nitrogens with two attached hydrogens (primary N) is 1. The fraction of sp³-hybridized carbons (Fsp3) is 0.333. The zero-order valence-electron chi connectivity index (χ0n) is 9.97. The van der Waals surface area contributed by atoms with E-state index in [1.807, 2.05) is 24.3 Å². The zero-order chi connectivity index (χ0) is 11.7. The molecule has 1 saturated heterocycles. The molecule has 0 radical (unpaired) electrons. The van der Waals surface area contributed by atoms with Crippen molar-refractivity contribution in [3.8, 4) is 0 Å². The molecule has 1 aromatic heterocycles. The van der Waals surface area contributed by atoms with Gasteiger partial charge in [0.25, 0.3) is 0 Å². The summed E-state index contributed by atoms with van der Waals surface area (Å²) in [7, 11) is 0. The summed E-state index contributed by atoms with van der Waals surface area (Å²) in [5.41, 5.74) is 6.88. The third kappa shape index (κ3) is 2.32. The molecule has 0 atom stereocenters. The van der Waals surface area contributed by atoms with E-state index in [2.05, 4.69) is 20.2 Å². The van der Waals surface area contributed by atoms with Crippen molar-refractivity contribution in [2.45, 2.75) is 0 Å². The minimum Gasteiger partial charge on any atom is -0.383 e. The summed E-state index contributed by atoms with van der Waals surface area (Å²) in [5.74, 6) is 1.30. The molecule has 18 heavy (non-hydrogen) atoms. The highest BCUT2D eigenvalue weighted by atomic mass is 35.5. The van der Waals surface area contributed by atoms with E-state index in [4.69, 9.17) is 5.73 Å². The Bertz CT molecular complexity index is 539. The predicted molar refractivity (Wildman–Crippen MR) is 76.3 cm³/mol. The van der Waals surface area contributed by atoms with Crippen molar-refractivity contribution in [3.63, 3.8) is 0 Å². The number of para-hydroxylation sites is 1. The summed E-state index contributed by atoms with van der Waals surface area (Å²) < 4.78 is 0. The quantitative estimate of drug-likeness (QED) is 0.807. The van der Waals surface area contributed by atoms with E-state index in [1.54, 1.807) is 0 Å². The summed E-state index contributed by atoms with van der Waals surface area (Å²) in [4.78, 5) is 11.1. The highest BCUT2D eigenvalue weighted by Crippen LogP contribution is 2.20. The molecule has 0 aliphatic carbocycles. The Hall–Kier alpha value is -1.59. The number of nitrogen functional groups attached to an aromatic ring is 1. The molecule has 6 heteroatoms. The van der Waals surface area contributed by atoms with Gasteiger partial charge < -0.3 is 16.0 Å². The van der Waals surface area contributed by atoms with Crippen LogP contribution in [-0.2, 0) is 0 Å². The van der Waals surface area contributed by atoms with Gasteiger partial charge in [-0.05, 0) is 12.1 Å². The molecule has 1 aliphatic heterocycles. The maximum absolute atomic E-state index is 5.97. The number of piperazine rings is 1. The first kappa shape index (κ1) is 12.9. The molecule has 0 unspecified atom stereocenters. The van der Waals surface area contributed by atoms with Crippen molar-refractivity contribution in [1.82, 2.24) is 15.3 Å². The number of hydrogen-bond acceptors (Lipinski definition) is 5. The molecule has 0 amide bonds. The molecule has 5 nitrogen and oxygen atoms in total. The van der Waals surface area contributed by atoms with Gasteiger partial charge in [0.15, 0.2) is 0 Å². The monoisotopic (exact) mass is 265 g/mol. The van der Waals surface area contributed by atoms with Crippen LogP contribution in [0.1, 0.15) is 0 Å². The van der Waals surface area contributed by atoms with Gasteiger partial charge in [-0.25, -0.2) is 4.98 Å². The van der Waals surface area contributed by atoms with Gasteiger partial charge in [0.1, 0.15) is 5.82 Å². The Morgan fingerprint density at radius 1 is 1.11 bits per heavy atom. The average molecular weight is 266 g/mol. The van der Waals surface area contributed by atoms with Gasteiger partial charge >= 0.3 is 0 Å². The van der Waals surface area contributed by atoms with Crippen molar-refractivity contribution in [2.75, 3.05) is 36.8 Å². The first-order valence-corrected chi connectivity index (χ1v) is 5.82. The van der Waals surface area contributed by atoms with Crippen LogP contribution in [0.4, 0.5) is 11.8 Å². The van der Waals surface area contributed by atoms with Crippen LogP contribution in [0.3, 0.4) is 0 Å². The van der Waals surface area contributed by atoms with Crippen LogP contribution in [-0.4, -0.2) is 36.1 Å². The lowest BCUT2D eigenvalue weighted by Crippen LogP contribution is -2.44. The first-order chi connectivity index (χ1) is 8.34. The van der Waals surface area contributed by atoms with Gasteiger partial charge in [0.2, 0.25) is 5.95 Å². The second-order valence-corrected chi connectivity index (χ2v) is 4.16. The van der Waals surface area contributed by atoms with E-state index in [-0.39, 0.29) is 12.4 Å². The van der Waals surface area contributed by atoms with Crippen LogP contribution >= 0.6 is 12.4 Å². The molecule has 96 valence electrons. The van der Waals surface area contributed by atoms with E-state index >= 15 is 0 Å². The van der Waals surface area contributed by atoms with Crippen LogP contribution in [0.25, 0.3) is 10.9 Å². The summed E-state index contributed by atoms with van der Waals surface area (Å²) in [6, 6.07) is 7.84. The highest BCUT2D eigenvalue weighted by molar-refractivity contribution is 5.88. The average Bonchev–Trinajstić information content (AvgIpc) is 2.40. The predicted octanol–water partition coefficient (Wildman–Crippen LogP) is 1.04. The first-order valence-electron chi connectivity index (χ1n) is 5.82. The Morgan fingerprint density at radius 3 is 2.61 bits per heavy atom. The lowest BCUT2D eigenvalue weighted by molar-refractivity contribution is 0.581. The van der Waals surface area contributed by atoms with Crippen LogP contribution in [0.5, 0.6) is 0 Å². The van der Waals surface area contributed by atoms with Gasteiger partial charge in [-0.3, -0.25) is 0 Å². The van der Waals surface area contributed by atoms with Crippen molar-refractivity contribution in [1.29, 1.82) is 0 Å². The van der Waals surface area contributed by atoms with E-state index < -0.39 is 0 Å². The molecule has 1 aliphatic rings. The Balaban J connectivity index is 0.00000120.